The van der Waals surface area contributed by atoms with Crippen LogP contribution >= 0.6 is 0 Å². The van der Waals surface area contributed by atoms with Crippen molar-refractivity contribution in [2.75, 3.05) is 19.5 Å². The van der Waals surface area contributed by atoms with Gasteiger partial charge in [0.25, 0.3) is 5.91 Å². The van der Waals surface area contributed by atoms with Gasteiger partial charge in [0, 0.05) is 18.1 Å². The number of ether oxygens (including phenoxy) is 2. The van der Waals surface area contributed by atoms with Crippen LogP contribution in [-0.2, 0) is 0 Å². The molecule has 0 unspecified atom stereocenters. The van der Waals surface area contributed by atoms with Crippen LogP contribution in [0.3, 0.4) is 0 Å². The fraction of sp³-hybridized carbons (Fsp3) is 0.125. The number of hydrogen-bond donors (Lipinski definition) is 1. The Hall–Kier alpha value is -3.02. The highest BCUT2D eigenvalue weighted by Gasteiger charge is 2.16. The van der Waals surface area contributed by atoms with Crippen molar-refractivity contribution in [3.63, 3.8) is 0 Å². The Labute approximate surface area is 127 Å². The summed E-state index contributed by atoms with van der Waals surface area (Å²) in [5, 5.41) is 6.97. The Morgan fingerprint density at radius 1 is 1.18 bits per heavy atom. The zero-order chi connectivity index (χ0) is 15.5. The molecule has 6 nitrogen and oxygen atoms in total. The molecular formula is C16H15N3O3. The van der Waals surface area contributed by atoms with Gasteiger partial charge in [-0.05, 0) is 30.3 Å². The van der Waals surface area contributed by atoms with Crippen molar-refractivity contribution in [1.82, 2.24) is 9.61 Å². The number of rotatable bonds is 4. The van der Waals surface area contributed by atoms with Crippen molar-refractivity contribution in [3.05, 3.63) is 54.4 Å². The molecule has 0 radical (unpaired) electrons. The normalized spacial score (nSPS) is 10.5. The van der Waals surface area contributed by atoms with Gasteiger partial charge in [-0.15, -0.1) is 0 Å². The number of amides is 1. The lowest BCUT2D eigenvalue weighted by atomic mass is 10.1. The number of fused-ring (bicyclic) bond motifs is 1. The summed E-state index contributed by atoms with van der Waals surface area (Å²) >= 11 is 0. The van der Waals surface area contributed by atoms with Crippen molar-refractivity contribution < 1.29 is 14.3 Å². The molecule has 22 heavy (non-hydrogen) atoms. The second kappa shape index (κ2) is 5.77. The third-order valence-electron chi connectivity index (χ3n) is 3.31. The predicted molar refractivity (Wildman–Crippen MR) is 82.7 cm³/mol. The maximum Gasteiger partial charge on any atom is 0.259 e. The maximum absolute atomic E-state index is 12.5. The van der Waals surface area contributed by atoms with Gasteiger partial charge in [0.1, 0.15) is 0 Å². The fourth-order valence-electron chi connectivity index (χ4n) is 2.26. The van der Waals surface area contributed by atoms with Gasteiger partial charge >= 0.3 is 0 Å². The summed E-state index contributed by atoms with van der Waals surface area (Å²) in [4.78, 5) is 12.5. The number of benzene rings is 1. The molecule has 0 saturated carbocycles. The van der Waals surface area contributed by atoms with E-state index in [0.29, 0.717) is 22.7 Å². The third kappa shape index (κ3) is 2.46. The van der Waals surface area contributed by atoms with E-state index in [9.17, 15) is 4.79 Å². The molecule has 0 aliphatic carbocycles. The number of nitrogens with one attached hydrogen (secondary N) is 1. The Balaban J connectivity index is 1.91. The van der Waals surface area contributed by atoms with Gasteiger partial charge < -0.3 is 14.8 Å². The van der Waals surface area contributed by atoms with Gasteiger partial charge in [-0.3, -0.25) is 4.79 Å². The lowest BCUT2D eigenvalue weighted by Crippen LogP contribution is -2.13. The van der Waals surface area contributed by atoms with Gasteiger partial charge in [0.05, 0.1) is 25.3 Å². The predicted octanol–water partition coefficient (Wildman–Crippen LogP) is 2.60. The summed E-state index contributed by atoms with van der Waals surface area (Å²) < 4.78 is 12.2. The number of pyridine rings is 1. The summed E-state index contributed by atoms with van der Waals surface area (Å²) in [6.45, 7) is 0. The highest BCUT2D eigenvalue weighted by molar-refractivity contribution is 6.06. The molecule has 0 saturated heterocycles. The van der Waals surface area contributed by atoms with E-state index >= 15 is 0 Å². The summed E-state index contributed by atoms with van der Waals surface area (Å²) in [6.07, 6.45) is 3.49. The molecule has 0 bridgehead atoms. The van der Waals surface area contributed by atoms with Crippen LogP contribution in [-0.4, -0.2) is 29.7 Å². The molecule has 3 rings (SSSR count). The van der Waals surface area contributed by atoms with Crippen LogP contribution in [0.2, 0.25) is 0 Å². The van der Waals surface area contributed by atoms with E-state index in [1.165, 1.54) is 14.2 Å². The monoisotopic (exact) mass is 297 g/mol. The van der Waals surface area contributed by atoms with Gasteiger partial charge in [-0.1, -0.05) is 6.07 Å². The molecular weight excluding hydrogens is 282 g/mol. The molecule has 1 N–H and O–H groups in total. The molecule has 2 aromatic heterocycles. The standard InChI is InChI=1S/C16H15N3O3/c1-21-14-5-3-4-13(15(14)22-2)16(20)18-11-7-9-19-12(10-11)6-8-17-19/h3-10H,1-2H3,(H,18,20). The Bertz CT molecular complexity index is 826. The van der Waals surface area contributed by atoms with Crippen molar-refractivity contribution >= 4 is 17.1 Å². The molecule has 1 aromatic carbocycles. The summed E-state index contributed by atoms with van der Waals surface area (Å²) in [5.41, 5.74) is 1.99. The number of carbonyl (C=O) groups excluding carboxylic acids is 1. The third-order valence-corrected chi connectivity index (χ3v) is 3.31. The van der Waals surface area contributed by atoms with Crippen LogP contribution in [0, 0.1) is 0 Å². The van der Waals surface area contributed by atoms with Gasteiger partial charge in [-0.25, -0.2) is 4.52 Å². The number of hydrogen-bond acceptors (Lipinski definition) is 4. The van der Waals surface area contributed by atoms with E-state index < -0.39 is 0 Å². The molecule has 112 valence electrons. The van der Waals surface area contributed by atoms with E-state index in [2.05, 4.69) is 10.4 Å². The molecule has 3 aromatic rings. The number of anilines is 1. The average molecular weight is 297 g/mol. The molecule has 2 heterocycles. The summed E-state index contributed by atoms with van der Waals surface area (Å²) in [7, 11) is 3.04. The second-order valence-electron chi connectivity index (χ2n) is 4.61. The number of carbonyl (C=O) groups is 1. The molecule has 0 fully saturated rings. The van der Waals surface area contributed by atoms with E-state index in [4.69, 9.17) is 9.47 Å². The highest BCUT2D eigenvalue weighted by atomic mass is 16.5. The maximum atomic E-state index is 12.5. The van der Waals surface area contributed by atoms with Crippen molar-refractivity contribution in [1.29, 1.82) is 0 Å². The molecule has 0 aliphatic rings. The van der Waals surface area contributed by atoms with E-state index in [1.54, 1.807) is 41.2 Å². The molecule has 0 atom stereocenters. The quantitative estimate of drug-likeness (QED) is 0.804. The Morgan fingerprint density at radius 3 is 2.82 bits per heavy atom. The first-order valence-corrected chi connectivity index (χ1v) is 6.68. The number of methoxy groups -OCH3 is 2. The fourth-order valence-corrected chi connectivity index (χ4v) is 2.26. The first-order valence-electron chi connectivity index (χ1n) is 6.68. The van der Waals surface area contributed by atoms with Crippen molar-refractivity contribution in [3.8, 4) is 11.5 Å². The first-order chi connectivity index (χ1) is 10.7. The second-order valence-corrected chi connectivity index (χ2v) is 4.61. The zero-order valence-corrected chi connectivity index (χ0v) is 12.2. The van der Waals surface area contributed by atoms with Gasteiger partial charge in [0.15, 0.2) is 11.5 Å². The van der Waals surface area contributed by atoms with Crippen LogP contribution in [0.1, 0.15) is 10.4 Å². The van der Waals surface area contributed by atoms with Crippen LogP contribution in [0.25, 0.3) is 5.52 Å². The Kier molecular flexibility index (Phi) is 3.65. The van der Waals surface area contributed by atoms with Crippen molar-refractivity contribution in [2.24, 2.45) is 0 Å². The zero-order valence-electron chi connectivity index (χ0n) is 12.2. The smallest absolute Gasteiger partial charge is 0.259 e. The highest BCUT2D eigenvalue weighted by Crippen LogP contribution is 2.31. The average Bonchev–Trinajstić information content (AvgIpc) is 3.01. The van der Waals surface area contributed by atoms with E-state index in [-0.39, 0.29) is 5.91 Å². The van der Waals surface area contributed by atoms with Crippen LogP contribution in [0.5, 0.6) is 11.5 Å². The topological polar surface area (TPSA) is 64.9 Å². The molecule has 0 spiro atoms. The number of aromatic nitrogens is 2. The number of nitrogens with zero attached hydrogens (tertiary/aromatic N) is 2. The van der Waals surface area contributed by atoms with Crippen molar-refractivity contribution in [2.45, 2.75) is 0 Å². The minimum absolute atomic E-state index is 0.264. The lowest BCUT2D eigenvalue weighted by molar-refractivity contribution is 0.102. The van der Waals surface area contributed by atoms with Crippen LogP contribution < -0.4 is 14.8 Å². The minimum atomic E-state index is -0.264. The lowest BCUT2D eigenvalue weighted by Gasteiger charge is -2.12. The Morgan fingerprint density at radius 2 is 2.05 bits per heavy atom. The molecule has 1 amide bonds. The van der Waals surface area contributed by atoms with E-state index in [0.717, 1.165) is 5.52 Å². The largest absolute Gasteiger partial charge is 0.493 e. The van der Waals surface area contributed by atoms with Crippen LogP contribution in [0.15, 0.2) is 48.8 Å². The van der Waals surface area contributed by atoms with Gasteiger partial charge in [-0.2, -0.15) is 5.10 Å². The molecule has 6 heteroatoms. The first kappa shape index (κ1) is 13.9. The summed E-state index contributed by atoms with van der Waals surface area (Å²) in [6, 6.07) is 10.7. The minimum Gasteiger partial charge on any atom is -0.493 e. The van der Waals surface area contributed by atoms with E-state index in [1.807, 2.05) is 12.1 Å². The molecule has 0 aliphatic heterocycles. The van der Waals surface area contributed by atoms with Gasteiger partial charge in [0.2, 0.25) is 0 Å². The number of para-hydroxylation sites is 1. The van der Waals surface area contributed by atoms with Crippen LogP contribution in [0.4, 0.5) is 5.69 Å². The summed E-state index contributed by atoms with van der Waals surface area (Å²) in [5.74, 6) is 0.661. The SMILES string of the molecule is COc1cccc(C(=O)Nc2ccn3nccc3c2)c1OC.